The Labute approximate surface area is 160 Å². The fourth-order valence-electron chi connectivity index (χ4n) is 3.43. The SMILES string of the molecule is C[C@H]1CCCC[C@H]1NC(=O)NC(=O)Cn1cnc2ccc([N+](=O)[O-])cc2c1=O. The molecule has 2 N–H and O–H groups in total. The number of carbonyl (C=O) groups excluding carboxylic acids is 2. The van der Waals surface area contributed by atoms with Crippen molar-refractivity contribution in [2.24, 2.45) is 5.92 Å². The van der Waals surface area contributed by atoms with E-state index in [2.05, 4.69) is 22.5 Å². The second kappa shape index (κ2) is 8.15. The zero-order valence-corrected chi connectivity index (χ0v) is 15.4. The zero-order valence-electron chi connectivity index (χ0n) is 15.4. The van der Waals surface area contributed by atoms with Crippen molar-refractivity contribution in [1.82, 2.24) is 20.2 Å². The predicted molar refractivity (Wildman–Crippen MR) is 101 cm³/mol. The minimum Gasteiger partial charge on any atom is -0.335 e. The van der Waals surface area contributed by atoms with E-state index in [1.807, 2.05) is 0 Å². The van der Waals surface area contributed by atoms with Gasteiger partial charge in [0.25, 0.3) is 11.2 Å². The first-order chi connectivity index (χ1) is 13.3. The summed E-state index contributed by atoms with van der Waals surface area (Å²) in [5.74, 6) is -0.327. The fraction of sp³-hybridized carbons (Fsp3) is 0.444. The van der Waals surface area contributed by atoms with E-state index in [-0.39, 0.29) is 22.6 Å². The summed E-state index contributed by atoms with van der Waals surface area (Å²) in [6.07, 6.45) is 5.25. The Bertz CT molecular complexity index is 986. The number of amides is 3. The first-order valence-corrected chi connectivity index (χ1v) is 9.09. The van der Waals surface area contributed by atoms with Crippen molar-refractivity contribution in [3.05, 3.63) is 45.0 Å². The largest absolute Gasteiger partial charge is 0.335 e. The number of nitrogens with zero attached hydrogens (tertiary/aromatic N) is 3. The Balaban J connectivity index is 1.68. The maximum Gasteiger partial charge on any atom is 0.321 e. The van der Waals surface area contributed by atoms with E-state index in [9.17, 15) is 24.5 Å². The molecule has 1 aromatic carbocycles. The fourth-order valence-corrected chi connectivity index (χ4v) is 3.43. The molecule has 1 saturated carbocycles. The van der Waals surface area contributed by atoms with Crippen molar-refractivity contribution >= 4 is 28.5 Å². The molecule has 1 fully saturated rings. The lowest BCUT2D eigenvalue weighted by Gasteiger charge is -2.29. The van der Waals surface area contributed by atoms with Crippen LogP contribution in [-0.2, 0) is 11.3 Å². The summed E-state index contributed by atoms with van der Waals surface area (Å²) in [6, 6.07) is 3.17. The summed E-state index contributed by atoms with van der Waals surface area (Å²) < 4.78 is 1.01. The number of aromatic nitrogens is 2. The first-order valence-electron chi connectivity index (χ1n) is 9.09. The van der Waals surface area contributed by atoms with Crippen LogP contribution in [0.25, 0.3) is 10.9 Å². The van der Waals surface area contributed by atoms with Crippen LogP contribution in [0.3, 0.4) is 0 Å². The number of hydrogen-bond donors (Lipinski definition) is 2. The van der Waals surface area contributed by atoms with Crippen molar-refractivity contribution in [3.63, 3.8) is 0 Å². The van der Waals surface area contributed by atoms with Gasteiger partial charge >= 0.3 is 6.03 Å². The molecule has 28 heavy (non-hydrogen) atoms. The maximum absolute atomic E-state index is 12.5. The Hall–Kier alpha value is -3.30. The monoisotopic (exact) mass is 387 g/mol. The van der Waals surface area contributed by atoms with Crippen LogP contribution in [0.15, 0.2) is 29.3 Å². The molecule has 0 saturated heterocycles. The summed E-state index contributed by atoms with van der Waals surface area (Å²) in [7, 11) is 0. The molecule has 10 nitrogen and oxygen atoms in total. The smallest absolute Gasteiger partial charge is 0.321 e. The van der Waals surface area contributed by atoms with Gasteiger partial charge in [0, 0.05) is 18.2 Å². The second-order valence-electron chi connectivity index (χ2n) is 7.03. The Morgan fingerprint density at radius 3 is 2.79 bits per heavy atom. The van der Waals surface area contributed by atoms with Crippen molar-refractivity contribution in [2.75, 3.05) is 0 Å². The lowest BCUT2D eigenvalue weighted by molar-refractivity contribution is -0.384. The van der Waals surface area contributed by atoms with Gasteiger partial charge in [0.2, 0.25) is 5.91 Å². The maximum atomic E-state index is 12.5. The van der Waals surface area contributed by atoms with Crippen LogP contribution in [-0.4, -0.2) is 32.5 Å². The summed E-state index contributed by atoms with van der Waals surface area (Å²) in [6.45, 7) is 1.64. The van der Waals surface area contributed by atoms with E-state index in [0.717, 1.165) is 36.3 Å². The van der Waals surface area contributed by atoms with Gasteiger partial charge in [0.05, 0.1) is 22.2 Å². The molecular weight excluding hydrogens is 366 g/mol. The molecule has 3 amide bonds. The van der Waals surface area contributed by atoms with Crippen LogP contribution in [0.2, 0.25) is 0 Å². The van der Waals surface area contributed by atoms with Gasteiger partial charge in [0.15, 0.2) is 0 Å². The molecule has 1 aromatic heterocycles. The van der Waals surface area contributed by atoms with Crippen LogP contribution in [0.5, 0.6) is 0 Å². The number of benzene rings is 1. The van der Waals surface area contributed by atoms with Crippen molar-refractivity contribution in [1.29, 1.82) is 0 Å². The molecular formula is C18H21N5O5. The number of rotatable bonds is 4. The number of imide groups is 1. The number of fused-ring (bicyclic) bond motifs is 1. The zero-order chi connectivity index (χ0) is 20.3. The third-order valence-corrected chi connectivity index (χ3v) is 5.01. The third kappa shape index (κ3) is 4.33. The molecule has 1 aliphatic carbocycles. The molecule has 0 aliphatic heterocycles. The Kier molecular flexibility index (Phi) is 5.67. The first kappa shape index (κ1) is 19.5. The average Bonchev–Trinajstić information content (AvgIpc) is 2.65. The molecule has 0 radical (unpaired) electrons. The van der Waals surface area contributed by atoms with Crippen molar-refractivity contribution in [2.45, 2.75) is 45.2 Å². The van der Waals surface area contributed by atoms with Crippen molar-refractivity contribution in [3.8, 4) is 0 Å². The molecule has 0 bridgehead atoms. The van der Waals surface area contributed by atoms with Gasteiger partial charge in [-0.25, -0.2) is 9.78 Å². The number of nitro benzene ring substituents is 1. The van der Waals surface area contributed by atoms with E-state index < -0.39 is 29.0 Å². The molecule has 1 aliphatic rings. The highest BCUT2D eigenvalue weighted by atomic mass is 16.6. The topological polar surface area (TPSA) is 136 Å². The van der Waals surface area contributed by atoms with Gasteiger partial charge in [-0.3, -0.25) is 29.6 Å². The summed E-state index contributed by atoms with van der Waals surface area (Å²) in [5, 5.41) is 15.9. The summed E-state index contributed by atoms with van der Waals surface area (Å²) >= 11 is 0. The lowest BCUT2D eigenvalue weighted by atomic mass is 9.86. The second-order valence-corrected chi connectivity index (χ2v) is 7.03. The van der Waals surface area contributed by atoms with Crippen LogP contribution < -0.4 is 16.2 Å². The van der Waals surface area contributed by atoms with Crippen LogP contribution in [0.4, 0.5) is 10.5 Å². The minimum atomic E-state index is -0.672. The molecule has 148 valence electrons. The van der Waals surface area contributed by atoms with Gasteiger partial charge in [-0.1, -0.05) is 19.8 Å². The van der Waals surface area contributed by atoms with Gasteiger partial charge in [-0.2, -0.15) is 0 Å². The Morgan fingerprint density at radius 2 is 2.07 bits per heavy atom. The van der Waals surface area contributed by atoms with E-state index in [1.54, 1.807) is 0 Å². The summed E-state index contributed by atoms with van der Waals surface area (Å²) in [4.78, 5) is 51.0. The molecule has 1 heterocycles. The average molecular weight is 387 g/mol. The van der Waals surface area contributed by atoms with Gasteiger partial charge in [-0.05, 0) is 24.8 Å². The highest BCUT2D eigenvalue weighted by Crippen LogP contribution is 2.23. The predicted octanol–water partition coefficient (Wildman–Crippen LogP) is 1.71. The highest BCUT2D eigenvalue weighted by molar-refractivity contribution is 5.94. The Morgan fingerprint density at radius 1 is 1.32 bits per heavy atom. The number of hydrogen-bond acceptors (Lipinski definition) is 6. The van der Waals surface area contributed by atoms with Crippen molar-refractivity contribution < 1.29 is 14.5 Å². The van der Waals surface area contributed by atoms with Crippen LogP contribution in [0.1, 0.15) is 32.6 Å². The summed E-state index contributed by atoms with van der Waals surface area (Å²) in [5.41, 5.74) is -0.545. The molecule has 0 unspecified atom stereocenters. The normalized spacial score (nSPS) is 19.2. The number of non-ortho nitro benzene ring substituents is 1. The quantitative estimate of drug-likeness (QED) is 0.605. The minimum absolute atomic E-state index is 0.0205. The molecule has 2 aromatic rings. The number of carbonyl (C=O) groups is 2. The van der Waals surface area contributed by atoms with Gasteiger partial charge in [0.1, 0.15) is 6.54 Å². The highest BCUT2D eigenvalue weighted by Gasteiger charge is 2.23. The molecule has 0 spiro atoms. The standard InChI is InChI=1S/C18H21N5O5/c1-11-4-2-3-5-14(11)20-18(26)21-16(24)9-22-10-19-15-7-6-12(23(27)28)8-13(15)17(22)25/h6-8,10-11,14H,2-5,9H2,1H3,(H2,20,21,24,26)/t11-,14+/m0/s1. The third-order valence-electron chi connectivity index (χ3n) is 5.01. The lowest BCUT2D eigenvalue weighted by Crippen LogP contribution is -2.48. The van der Waals surface area contributed by atoms with Gasteiger partial charge in [-0.15, -0.1) is 0 Å². The number of urea groups is 1. The van der Waals surface area contributed by atoms with E-state index in [4.69, 9.17) is 0 Å². The van der Waals surface area contributed by atoms with Crippen LogP contribution >= 0.6 is 0 Å². The van der Waals surface area contributed by atoms with Gasteiger partial charge < -0.3 is 5.32 Å². The molecule has 10 heteroatoms. The van der Waals surface area contributed by atoms with Crippen LogP contribution in [0, 0.1) is 16.0 Å². The number of nitro groups is 1. The number of nitrogens with one attached hydrogen (secondary N) is 2. The van der Waals surface area contributed by atoms with E-state index in [1.165, 1.54) is 18.5 Å². The van der Waals surface area contributed by atoms with E-state index >= 15 is 0 Å². The van der Waals surface area contributed by atoms with E-state index in [0.29, 0.717) is 5.92 Å². The molecule has 3 rings (SSSR count). The molecule has 2 atom stereocenters.